The van der Waals surface area contributed by atoms with E-state index in [0.29, 0.717) is 13.1 Å². The Morgan fingerprint density at radius 3 is 2.41 bits per heavy atom. The molecule has 2 rings (SSSR count). The van der Waals surface area contributed by atoms with Crippen molar-refractivity contribution in [3.05, 3.63) is 16.1 Å². The number of thiazole rings is 1. The predicted molar refractivity (Wildman–Crippen MR) is 114 cm³/mol. The van der Waals surface area contributed by atoms with Crippen molar-refractivity contribution in [2.45, 2.75) is 39.8 Å². The molecule has 27 heavy (non-hydrogen) atoms. The molecule has 0 spiro atoms. The Labute approximate surface area is 177 Å². The molecular formula is C17H31Cl2N5O2S. The molecule has 0 unspecified atom stereocenters. The van der Waals surface area contributed by atoms with Crippen LogP contribution in [-0.2, 0) is 22.6 Å². The third kappa shape index (κ3) is 7.91. The van der Waals surface area contributed by atoms with E-state index in [-0.39, 0.29) is 49.1 Å². The standard InChI is InChI=1S/C17H29N5O2S.2ClH/c1-4-14-20-13(11-25-14)10-21-5-7-22(8-6-21)15(23)9-19-17(24)16(18)12(2)3;;/h11-12,16H,4-10,18H2,1-3H3,(H,19,24);2*1H/t16-;;/m0../s1. The molecule has 1 aromatic heterocycles. The van der Waals surface area contributed by atoms with Crippen molar-refractivity contribution >= 4 is 48.0 Å². The molecule has 2 amide bonds. The number of hydrogen-bond acceptors (Lipinski definition) is 6. The fourth-order valence-corrected chi connectivity index (χ4v) is 3.40. The molecule has 0 saturated carbocycles. The molecule has 1 fully saturated rings. The number of piperazine rings is 1. The van der Waals surface area contributed by atoms with Crippen LogP contribution in [0.2, 0.25) is 0 Å². The van der Waals surface area contributed by atoms with E-state index in [2.05, 4.69) is 27.5 Å². The third-order valence-corrected chi connectivity index (χ3v) is 5.49. The summed E-state index contributed by atoms with van der Waals surface area (Å²) in [5.41, 5.74) is 6.89. The maximum absolute atomic E-state index is 12.2. The van der Waals surface area contributed by atoms with Crippen LogP contribution >= 0.6 is 36.2 Å². The first-order valence-electron chi connectivity index (χ1n) is 8.87. The fourth-order valence-electron chi connectivity index (χ4n) is 2.66. The number of halogens is 2. The van der Waals surface area contributed by atoms with Crippen molar-refractivity contribution in [1.82, 2.24) is 20.1 Å². The zero-order valence-electron chi connectivity index (χ0n) is 16.1. The number of rotatable bonds is 7. The average molecular weight is 440 g/mol. The van der Waals surface area contributed by atoms with E-state index in [4.69, 9.17) is 5.73 Å². The molecule has 10 heteroatoms. The lowest BCUT2D eigenvalue weighted by Gasteiger charge is -2.34. The number of nitrogens with two attached hydrogens (primary N) is 1. The summed E-state index contributed by atoms with van der Waals surface area (Å²) in [5.74, 6) is -0.263. The first-order valence-corrected chi connectivity index (χ1v) is 9.75. The van der Waals surface area contributed by atoms with Gasteiger partial charge in [0.15, 0.2) is 0 Å². The lowest BCUT2D eigenvalue weighted by Crippen LogP contribution is -2.52. The van der Waals surface area contributed by atoms with Crippen LogP contribution in [0.15, 0.2) is 5.38 Å². The molecule has 3 N–H and O–H groups in total. The Hall–Kier alpha value is -0.930. The van der Waals surface area contributed by atoms with E-state index < -0.39 is 6.04 Å². The Kier molecular flexibility index (Phi) is 12.1. The molecule has 1 atom stereocenters. The topological polar surface area (TPSA) is 91.6 Å². The number of carbonyl (C=O) groups is 2. The van der Waals surface area contributed by atoms with Gasteiger partial charge in [0.1, 0.15) is 0 Å². The van der Waals surface area contributed by atoms with E-state index in [1.165, 1.54) is 5.01 Å². The fraction of sp³-hybridized carbons (Fsp3) is 0.706. The highest BCUT2D eigenvalue weighted by Crippen LogP contribution is 2.13. The van der Waals surface area contributed by atoms with E-state index in [1.54, 1.807) is 16.2 Å². The number of aromatic nitrogens is 1. The van der Waals surface area contributed by atoms with Crippen molar-refractivity contribution in [3.63, 3.8) is 0 Å². The first kappa shape index (κ1) is 26.1. The van der Waals surface area contributed by atoms with Crippen molar-refractivity contribution in [2.75, 3.05) is 32.7 Å². The van der Waals surface area contributed by atoms with Gasteiger partial charge >= 0.3 is 0 Å². The van der Waals surface area contributed by atoms with Gasteiger partial charge < -0.3 is 16.0 Å². The maximum Gasteiger partial charge on any atom is 0.242 e. The molecule has 2 heterocycles. The van der Waals surface area contributed by atoms with Gasteiger partial charge in [0, 0.05) is 38.1 Å². The molecule has 7 nitrogen and oxygen atoms in total. The second-order valence-electron chi connectivity index (χ2n) is 6.73. The second kappa shape index (κ2) is 12.5. The first-order chi connectivity index (χ1) is 11.9. The molecule has 1 saturated heterocycles. The third-order valence-electron chi connectivity index (χ3n) is 4.45. The minimum absolute atomic E-state index is 0. The molecule has 1 aromatic rings. The van der Waals surface area contributed by atoms with Crippen LogP contribution in [0, 0.1) is 5.92 Å². The number of carbonyl (C=O) groups excluding carboxylic acids is 2. The number of hydrogen-bond donors (Lipinski definition) is 2. The van der Waals surface area contributed by atoms with Crippen LogP contribution in [0.3, 0.4) is 0 Å². The largest absolute Gasteiger partial charge is 0.346 e. The Morgan fingerprint density at radius 1 is 1.26 bits per heavy atom. The molecule has 0 radical (unpaired) electrons. The lowest BCUT2D eigenvalue weighted by atomic mass is 10.1. The summed E-state index contributed by atoms with van der Waals surface area (Å²) in [7, 11) is 0. The Bertz CT molecular complexity index is 592. The van der Waals surface area contributed by atoms with Crippen LogP contribution in [0.1, 0.15) is 31.5 Å². The van der Waals surface area contributed by atoms with Gasteiger partial charge in [-0.1, -0.05) is 20.8 Å². The normalized spacial score (nSPS) is 15.7. The molecule has 0 aliphatic carbocycles. The zero-order chi connectivity index (χ0) is 18.4. The van der Waals surface area contributed by atoms with Gasteiger partial charge in [-0.05, 0) is 12.3 Å². The number of amides is 2. The van der Waals surface area contributed by atoms with Gasteiger partial charge in [-0.2, -0.15) is 0 Å². The van der Waals surface area contributed by atoms with Crippen LogP contribution in [-0.4, -0.2) is 65.4 Å². The highest BCUT2D eigenvalue weighted by Gasteiger charge is 2.23. The average Bonchev–Trinajstić information content (AvgIpc) is 3.06. The maximum atomic E-state index is 12.2. The van der Waals surface area contributed by atoms with Crippen LogP contribution in [0.4, 0.5) is 0 Å². The minimum Gasteiger partial charge on any atom is -0.346 e. The van der Waals surface area contributed by atoms with Crippen LogP contribution in [0.25, 0.3) is 0 Å². The van der Waals surface area contributed by atoms with E-state index in [1.807, 2.05) is 13.8 Å². The summed E-state index contributed by atoms with van der Waals surface area (Å²) in [5, 5.41) is 5.92. The second-order valence-corrected chi connectivity index (χ2v) is 7.67. The van der Waals surface area contributed by atoms with Gasteiger partial charge in [-0.3, -0.25) is 14.5 Å². The highest BCUT2D eigenvalue weighted by molar-refractivity contribution is 7.09. The quantitative estimate of drug-likeness (QED) is 0.667. The van der Waals surface area contributed by atoms with Crippen molar-refractivity contribution in [1.29, 1.82) is 0 Å². The lowest BCUT2D eigenvalue weighted by molar-refractivity contribution is -0.134. The van der Waals surface area contributed by atoms with Crippen LogP contribution < -0.4 is 11.1 Å². The zero-order valence-corrected chi connectivity index (χ0v) is 18.6. The molecular weight excluding hydrogens is 409 g/mol. The molecule has 156 valence electrons. The summed E-state index contributed by atoms with van der Waals surface area (Å²) in [6.45, 7) is 9.73. The number of nitrogens with one attached hydrogen (secondary N) is 1. The van der Waals surface area contributed by atoms with E-state index >= 15 is 0 Å². The van der Waals surface area contributed by atoms with Crippen molar-refractivity contribution in [2.24, 2.45) is 11.7 Å². The number of aryl methyl sites for hydroxylation is 1. The van der Waals surface area contributed by atoms with E-state index in [9.17, 15) is 9.59 Å². The molecule has 1 aliphatic heterocycles. The van der Waals surface area contributed by atoms with Gasteiger partial charge in [0.25, 0.3) is 0 Å². The summed E-state index contributed by atoms with van der Waals surface area (Å²) in [6.07, 6.45) is 0.971. The van der Waals surface area contributed by atoms with Crippen molar-refractivity contribution in [3.8, 4) is 0 Å². The molecule has 0 aromatic carbocycles. The van der Waals surface area contributed by atoms with Gasteiger partial charge in [0.2, 0.25) is 11.8 Å². The Balaban J connectivity index is 0.00000338. The monoisotopic (exact) mass is 439 g/mol. The smallest absolute Gasteiger partial charge is 0.242 e. The molecule has 0 bridgehead atoms. The number of nitrogens with zero attached hydrogens (tertiary/aromatic N) is 3. The van der Waals surface area contributed by atoms with Gasteiger partial charge in [-0.25, -0.2) is 4.98 Å². The summed E-state index contributed by atoms with van der Waals surface area (Å²) < 4.78 is 0. The Morgan fingerprint density at radius 2 is 1.89 bits per heavy atom. The summed E-state index contributed by atoms with van der Waals surface area (Å²) in [6, 6.07) is -0.573. The highest BCUT2D eigenvalue weighted by atomic mass is 35.5. The SMILES string of the molecule is CCc1nc(CN2CCN(C(=O)CNC(=O)[C@@H](N)C(C)C)CC2)cs1.Cl.Cl. The summed E-state index contributed by atoms with van der Waals surface area (Å²) >= 11 is 1.70. The minimum atomic E-state index is -0.573. The van der Waals surface area contributed by atoms with Crippen molar-refractivity contribution < 1.29 is 9.59 Å². The van der Waals surface area contributed by atoms with Crippen LogP contribution in [0.5, 0.6) is 0 Å². The van der Waals surface area contributed by atoms with E-state index in [0.717, 1.165) is 31.7 Å². The molecule has 1 aliphatic rings. The summed E-state index contributed by atoms with van der Waals surface area (Å²) in [4.78, 5) is 32.8. The van der Waals surface area contributed by atoms with Gasteiger partial charge in [-0.15, -0.1) is 36.2 Å². The van der Waals surface area contributed by atoms with Gasteiger partial charge in [0.05, 0.1) is 23.3 Å². The predicted octanol–water partition coefficient (Wildman–Crippen LogP) is 1.29.